The number of nitrogens with two attached hydrogens (primary N) is 1. The molecule has 0 radical (unpaired) electrons. The lowest BCUT2D eigenvalue weighted by atomic mass is 9.99. The molecule has 4 rings (SSSR count). The van der Waals surface area contributed by atoms with Crippen molar-refractivity contribution in [3.05, 3.63) is 34.3 Å². The number of piperidine rings is 1. The highest BCUT2D eigenvalue weighted by Gasteiger charge is 2.29. The van der Waals surface area contributed by atoms with Gasteiger partial charge in [0, 0.05) is 39.4 Å². The van der Waals surface area contributed by atoms with Gasteiger partial charge in [-0.3, -0.25) is 9.59 Å². The lowest BCUT2D eigenvalue weighted by molar-refractivity contribution is -0.133. The molecule has 37 heavy (non-hydrogen) atoms. The number of thiophene rings is 1. The van der Waals surface area contributed by atoms with Gasteiger partial charge < -0.3 is 25.4 Å². The first-order valence-electron chi connectivity index (χ1n) is 12.7. The zero-order chi connectivity index (χ0) is 26.9. The molecule has 2 amide bonds. The molecular formula is C27H39N7O2S. The van der Waals surface area contributed by atoms with Crippen molar-refractivity contribution < 1.29 is 11.0 Å². The van der Waals surface area contributed by atoms with Crippen LogP contribution in [0.1, 0.15) is 54.8 Å². The highest BCUT2D eigenvalue weighted by atomic mass is 32.1. The summed E-state index contributed by atoms with van der Waals surface area (Å²) in [5.41, 5.74) is 10.5. The summed E-state index contributed by atoms with van der Waals surface area (Å²) in [5.74, 6) is 1.04. The van der Waals surface area contributed by atoms with Crippen molar-refractivity contribution in [2.45, 2.75) is 45.6 Å². The maximum atomic E-state index is 13.5. The van der Waals surface area contributed by atoms with E-state index < -0.39 is 0 Å². The van der Waals surface area contributed by atoms with Crippen molar-refractivity contribution in [1.82, 2.24) is 24.7 Å². The number of aromatic nitrogens is 2. The van der Waals surface area contributed by atoms with Crippen LogP contribution in [0.2, 0.25) is 0 Å². The number of aliphatic imine (C=N–C) groups is 1. The number of fused-ring (bicyclic) bond motifs is 1. The number of rotatable bonds is 7. The Morgan fingerprint density at radius 2 is 2.00 bits per heavy atom. The third kappa shape index (κ3) is 5.55. The van der Waals surface area contributed by atoms with E-state index in [1.54, 1.807) is 11.3 Å². The number of carbonyl (C=O) groups excluding carboxylic acids is 2. The zero-order valence-corrected chi connectivity index (χ0v) is 23.4. The average molecular weight is 526 g/mol. The monoisotopic (exact) mass is 525 g/mol. The van der Waals surface area contributed by atoms with E-state index in [1.807, 2.05) is 55.0 Å². The summed E-state index contributed by atoms with van der Waals surface area (Å²) in [6.07, 6.45) is 4.65. The van der Waals surface area contributed by atoms with E-state index in [0.717, 1.165) is 44.8 Å². The zero-order valence-electron chi connectivity index (χ0n) is 22.5. The maximum absolute atomic E-state index is 13.5. The average Bonchev–Trinajstić information content (AvgIpc) is 3.42. The lowest BCUT2D eigenvalue weighted by Gasteiger charge is -2.37. The van der Waals surface area contributed by atoms with Crippen molar-refractivity contribution in [3.8, 4) is 11.3 Å². The first kappa shape index (κ1) is 26.8. The van der Waals surface area contributed by atoms with E-state index in [0.29, 0.717) is 25.5 Å². The number of likely N-dealkylation sites (N-methyl/N-ethyl adjacent to an activating group) is 1. The molecule has 9 nitrogen and oxygen atoms in total. The van der Waals surface area contributed by atoms with Crippen molar-refractivity contribution in [3.63, 3.8) is 0 Å². The van der Waals surface area contributed by atoms with Gasteiger partial charge in [-0.2, -0.15) is 0 Å². The topological polar surface area (TPSA) is 111 Å². The van der Waals surface area contributed by atoms with Gasteiger partial charge in [0.2, 0.25) is 5.91 Å². The largest absolute Gasteiger partial charge is 0.390 e. The van der Waals surface area contributed by atoms with Crippen LogP contribution in [0.4, 0.5) is 5.82 Å². The summed E-state index contributed by atoms with van der Waals surface area (Å²) in [5, 5.41) is 0. The molecule has 10 heteroatoms. The van der Waals surface area contributed by atoms with Crippen LogP contribution in [0, 0.1) is 6.92 Å². The second kappa shape index (κ2) is 11.0. The molecule has 3 aromatic rings. The normalized spacial score (nSPS) is 15.0. The summed E-state index contributed by atoms with van der Waals surface area (Å²) in [6, 6.07) is 4.16. The van der Waals surface area contributed by atoms with E-state index in [-0.39, 0.29) is 25.2 Å². The molecule has 1 aliphatic heterocycles. The Morgan fingerprint density at radius 1 is 1.30 bits per heavy atom. The molecule has 0 aliphatic carbocycles. The number of H-pyrrole nitrogens is 1. The second-order valence-corrected chi connectivity index (χ2v) is 11.4. The lowest BCUT2D eigenvalue weighted by Crippen LogP contribution is -2.48. The van der Waals surface area contributed by atoms with E-state index in [1.165, 1.54) is 11.9 Å². The number of hydrogen-bond donors (Lipinski definition) is 2. The molecule has 1 fully saturated rings. The van der Waals surface area contributed by atoms with Gasteiger partial charge in [-0.15, -0.1) is 11.3 Å². The van der Waals surface area contributed by atoms with E-state index in [4.69, 9.17) is 5.73 Å². The Morgan fingerprint density at radius 3 is 2.59 bits per heavy atom. The van der Waals surface area contributed by atoms with Crippen LogP contribution in [-0.4, -0.2) is 89.6 Å². The number of pyridine rings is 1. The summed E-state index contributed by atoms with van der Waals surface area (Å²) in [4.78, 5) is 44.4. The summed E-state index contributed by atoms with van der Waals surface area (Å²) in [7, 11) is 5.69. The Kier molecular flexibility index (Phi) is 7.99. The van der Waals surface area contributed by atoms with Gasteiger partial charge in [-0.25, -0.2) is 9.98 Å². The van der Waals surface area contributed by atoms with Crippen LogP contribution in [-0.2, 0) is 4.79 Å². The van der Waals surface area contributed by atoms with Gasteiger partial charge in [0.1, 0.15) is 0 Å². The highest BCUT2D eigenvalue weighted by Crippen LogP contribution is 2.40. The number of nitrogens with zero attached hydrogens (tertiary/aromatic N) is 5. The Bertz CT molecular complexity index is 1320. The smallest absolute Gasteiger partial charge is 0.264 e. The van der Waals surface area contributed by atoms with Gasteiger partial charge in [-0.05, 0) is 63.0 Å². The van der Waals surface area contributed by atoms with Gasteiger partial charge in [0.25, 0.3) is 5.91 Å². The van der Waals surface area contributed by atoms with Crippen LogP contribution < -0.4 is 5.73 Å². The fourth-order valence-corrected chi connectivity index (χ4v) is 6.30. The van der Waals surface area contributed by atoms with Crippen molar-refractivity contribution in [2.75, 3.05) is 40.8 Å². The van der Waals surface area contributed by atoms with E-state index >= 15 is 0 Å². The van der Waals surface area contributed by atoms with Crippen LogP contribution >= 0.6 is 11.3 Å². The fourth-order valence-electron chi connectivity index (χ4n) is 5.01. The van der Waals surface area contributed by atoms with Crippen LogP contribution in [0.15, 0.2) is 23.3 Å². The summed E-state index contributed by atoms with van der Waals surface area (Å²) >= 11 is 1.54. The molecule has 1 saturated heterocycles. The van der Waals surface area contributed by atoms with Crippen LogP contribution in [0.25, 0.3) is 21.5 Å². The summed E-state index contributed by atoms with van der Waals surface area (Å²) < 4.78 is 1.10. The quantitative estimate of drug-likeness (QED) is 0.355. The predicted molar refractivity (Wildman–Crippen MR) is 153 cm³/mol. The number of likely N-dealkylation sites (tertiary alicyclic amines) is 1. The number of carbonyl (C=O) groups is 2. The molecule has 0 bridgehead atoms. The summed E-state index contributed by atoms with van der Waals surface area (Å²) in [6.45, 7) is 8.08. The molecule has 3 N–H and O–H groups in total. The molecule has 1 aliphatic rings. The number of nitrogens with one attached hydrogen (secondary N) is 1. The Labute approximate surface area is 223 Å². The molecule has 3 aromatic heterocycles. The minimum absolute atomic E-state index is 0. The second-order valence-electron chi connectivity index (χ2n) is 10.3. The predicted octanol–water partition coefficient (Wildman–Crippen LogP) is 4.21. The molecule has 0 aromatic carbocycles. The van der Waals surface area contributed by atoms with Crippen LogP contribution in [0.5, 0.6) is 0 Å². The SMILES string of the molecule is Cc1cc(-c2[nH]c3cc(C(=O)N(C)C4CCN(C(=O)CN(C)C)CC4)sc3c2C(C)C)cnc1N=CN.[HH]. The first-order valence-corrected chi connectivity index (χ1v) is 13.5. The third-order valence-corrected chi connectivity index (χ3v) is 8.12. The molecule has 4 heterocycles. The molecule has 200 valence electrons. The van der Waals surface area contributed by atoms with E-state index in [9.17, 15) is 9.59 Å². The number of aryl methyl sites for hydroxylation is 1. The molecule has 0 spiro atoms. The molecular weight excluding hydrogens is 486 g/mol. The highest BCUT2D eigenvalue weighted by molar-refractivity contribution is 7.21. The van der Waals surface area contributed by atoms with E-state index in [2.05, 4.69) is 34.9 Å². The number of amides is 2. The van der Waals surface area contributed by atoms with Crippen molar-refractivity contribution in [1.29, 1.82) is 0 Å². The molecule has 0 saturated carbocycles. The van der Waals surface area contributed by atoms with Gasteiger partial charge in [-0.1, -0.05) is 13.8 Å². The number of aromatic amines is 1. The van der Waals surface area contributed by atoms with Crippen molar-refractivity contribution >= 4 is 45.5 Å². The first-order chi connectivity index (χ1) is 17.6. The maximum Gasteiger partial charge on any atom is 0.264 e. The van der Waals surface area contributed by atoms with Gasteiger partial charge in [0.15, 0.2) is 5.82 Å². The van der Waals surface area contributed by atoms with Crippen LogP contribution in [0.3, 0.4) is 0 Å². The number of hydrogen-bond acceptors (Lipinski definition) is 6. The minimum Gasteiger partial charge on any atom is -0.390 e. The molecule has 0 atom stereocenters. The minimum atomic E-state index is 0. The standard InChI is InChI=1S/C27H37N7O2S.H2/c1-16(2)23-24(18-11-17(3)26(29-13-18)30-15-28)31-20-12-21(37-25(20)23)27(36)33(6)19-7-9-34(10-8-19)22(35)14-32(4)5;/h11-13,15-16,19,31H,7-10,14H2,1-6H3,(H2,28,29,30);1H. The van der Waals surface area contributed by atoms with Crippen molar-refractivity contribution in [2.24, 2.45) is 10.7 Å². The molecule has 0 unspecified atom stereocenters. The third-order valence-electron chi connectivity index (χ3n) is 6.97. The van der Waals surface area contributed by atoms with Gasteiger partial charge in [0.05, 0.1) is 33.7 Å². The Hall–Kier alpha value is -3.24. The van der Waals surface area contributed by atoms with Gasteiger partial charge >= 0.3 is 0 Å². The fraction of sp³-hybridized carbons (Fsp3) is 0.481. The Balaban J connectivity index is 0.00000400.